The van der Waals surface area contributed by atoms with Crippen LogP contribution in [0.15, 0.2) is 29.6 Å². The Morgan fingerprint density at radius 3 is 3.00 bits per heavy atom. The average Bonchev–Trinajstić information content (AvgIpc) is 2.98. The summed E-state index contributed by atoms with van der Waals surface area (Å²) in [6.07, 6.45) is 0. The lowest BCUT2D eigenvalue weighted by atomic mass is 10.2. The number of thiophene rings is 1. The zero-order chi connectivity index (χ0) is 11.0. The summed E-state index contributed by atoms with van der Waals surface area (Å²) in [4.78, 5) is 1.07. The smallest absolute Gasteiger partial charge is 0.192 e. The highest BCUT2D eigenvalue weighted by Gasteiger charge is 2.10. The van der Waals surface area contributed by atoms with Crippen LogP contribution in [0.1, 0.15) is 5.56 Å². The molecule has 0 unspecified atom stereocenters. The Labute approximate surface area is 94.6 Å². The lowest BCUT2D eigenvalue weighted by Gasteiger charge is -2.00. The third kappa shape index (κ3) is 1.19. The second kappa shape index (κ2) is 3.40. The number of hydrogen-bond acceptors (Lipinski definition) is 5. The Morgan fingerprint density at radius 2 is 2.25 bits per heavy atom. The van der Waals surface area contributed by atoms with Crippen molar-refractivity contribution in [2.24, 2.45) is 0 Å². The molecule has 3 aromatic rings. The fraction of sp³-hybridized carbons (Fsp3) is 0. The van der Waals surface area contributed by atoms with Gasteiger partial charge in [-0.25, -0.2) is 0 Å². The Bertz CT molecular complexity index is 677. The van der Waals surface area contributed by atoms with Gasteiger partial charge in [0.2, 0.25) is 0 Å². The molecule has 16 heavy (non-hydrogen) atoms. The molecule has 0 aromatic carbocycles. The second-order valence-corrected chi connectivity index (χ2v) is 4.08. The van der Waals surface area contributed by atoms with Crippen molar-refractivity contribution in [3.63, 3.8) is 0 Å². The molecule has 0 N–H and O–H groups in total. The number of nitrogens with zero attached hydrogens (tertiary/aromatic N) is 5. The lowest BCUT2D eigenvalue weighted by molar-refractivity contribution is 0.829. The monoisotopic (exact) mass is 227 g/mol. The molecule has 0 radical (unpaired) electrons. The molecule has 0 aliphatic carbocycles. The van der Waals surface area contributed by atoms with Crippen LogP contribution < -0.4 is 0 Å². The highest BCUT2D eigenvalue weighted by atomic mass is 32.1. The van der Waals surface area contributed by atoms with Crippen LogP contribution >= 0.6 is 11.3 Å². The normalized spacial score (nSPS) is 10.4. The Hall–Kier alpha value is -2.26. The van der Waals surface area contributed by atoms with Gasteiger partial charge < -0.3 is 0 Å². The molecule has 6 heteroatoms. The van der Waals surface area contributed by atoms with Gasteiger partial charge in [-0.2, -0.15) is 9.78 Å². The zero-order valence-electron chi connectivity index (χ0n) is 8.03. The van der Waals surface area contributed by atoms with E-state index in [9.17, 15) is 0 Å². The number of hydrogen-bond donors (Lipinski definition) is 0. The van der Waals surface area contributed by atoms with E-state index in [2.05, 4.69) is 21.6 Å². The summed E-state index contributed by atoms with van der Waals surface area (Å²) in [7, 11) is 0. The molecule has 0 atom stereocenters. The quantitative estimate of drug-likeness (QED) is 0.635. The van der Waals surface area contributed by atoms with Crippen LogP contribution in [0.2, 0.25) is 0 Å². The number of aromatic nitrogens is 4. The van der Waals surface area contributed by atoms with Gasteiger partial charge >= 0.3 is 0 Å². The molecule has 0 saturated heterocycles. The van der Waals surface area contributed by atoms with Crippen molar-refractivity contribution in [3.05, 3.63) is 35.2 Å². The third-order valence-corrected chi connectivity index (χ3v) is 3.13. The van der Waals surface area contributed by atoms with Crippen molar-refractivity contribution in [1.82, 2.24) is 20.0 Å². The van der Waals surface area contributed by atoms with Gasteiger partial charge in [0.25, 0.3) is 0 Å². The number of fused-ring (bicyclic) bond motifs is 1. The highest BCUT2D eigenvalue weighted by molar-refractivity contribution is 7.13. The van der Waals surface area contributed by atoms with Crippen LogP contribution in [0.4, 0.5) is 0 Å². The zero-order valence-corrected chi connectivity index (χ0v) is 8.85. The molecule has 0 amide bonds. The minimum Gasteiger partial charge on any atom is -0.192 e. The molecule has 0 aliphatic rings. The van der Waals surface area contributed by atoms with Crippen molar-refractivity contribution in [1.29, 1.82) is 5.26 Å². The number of pyridine rings is 1. The van der Waals surface area contributed by atoms with E-state index >= 15 is 0 Å². The largest absolute Gasteiger partial charge is 0.197 e. The average molecular weight is 227 g/mol. The maximum absolute atomic E-state index is 8.92. The first kappa shape index (κ1) is 9.00. The van der Waals surface area contributed by atoms with E-state index in [1.807, 2.05) is 23.6 Å². The summed E-state index contributed by atoms with van der Waals surface area (Å²) in [5.41, 5.74) is 1.87. The van der Waals surface area contributed by atoms with Crippen LogP contribution in [0, 0.1) is 11.3 Å². The van der Waals surface area contributed by atoms with E-state index < -0.39 is 0 Å². The molecule has 0 saturated carbocycles. The first-order chi connectivity index (χ1) is 7.90. The van der Waals surface area contributed by atoms with Gasteiger partial charge in [-0.1, -0.05) is 6.07 Å². The molecule has 5 nitrogen and oxygen atoms in total. The Kier molecular flexibility index (Phi) is 1.91. The lowest BCUT2D eigenvalue weighted by Crippen LogP contribution is -1.95. The summed E-state index contributed by atoms with van der Waals surface area (Å²) in [6, 6.07) is 9.62. The number of tetrazole rings is 1. The third-order valence-electron chi connectivity index (χ3n) is 2.24. The van der Waals surface area contributed by atoms with Gasteiger partial charge in [-0.3, -0.25) is 0 Å². The van der Waals surface area contributed by atoms with Crippen molar-refractivity contribution in [2.75, 3.05) is 0 Å². The summed E-state index contributed by atoms with van der Waals surface area (Å²) in [6.45, 7) is 0. The van der Waals surface area contributed by atoms with E-state index in [1.165, 1.54) is 0 Å². The van der Waals surface area contributed by atoms with E-state index in [4.69, 9.17) is 5.26 Å². The van der Waals surface area contributed by atoms with E-state index in [1.54, 1.807) is 21.9 Å². The van der Waals surface area contributed by atoms with Crippen molar-refractivity contribution >= 4 is 17.0 Å². The minimum atomic E-state index is 0.477. The molecular formula is C10H5N5S. The highest BCUT2D eigenvalue weighted by Crippen LogP contribution is 2.25. The predicted octanol–water partition coefficient (Wildman–Crippen LogP) is 1.72. The minimum absolute atomic E-state index is 0.477. The second-order valence-electron chi connectivity index (χ2n) is 3.14. The molecule has 0 fully saturated rings. The van der Waals surface area contributed by atoms with Crippen molar-refractivity contribution < 1.29 is 0 Å². The first-order valence-corrected chi connectivity index (χ1v) is 5.43. The predicted molar refractivity (Wildman–Crippen MR) is 58.8 cm³/mol. The first-order valence-electron chi connectivity index (χ1n) is 4.55. The van der Waals surface area contributed by atoms with Gasteiger partial charge in [0.1, 0.15) is 6.07 Å². The fourth-order valence-electron chi connectivity index (χ4n) is 1.52. The van der Waals surface area contributed by atoms with Crippen LogP contribution in [0.25, 0.3) is 16.2 Å². The Balaban J connectivity index is 2.37. The summed E-state index contributed by atoms with van der Waals surface area (Å²) in [5.74, 6) is 0. The van der Waals surface area contributed by atoms with Gasteiger partial charge in [0.05, 0.1) is 16.1 Å². The molecule has 3 aromatic heterocycles. The molecule has 0 spiro atoms. The summed E-state index contributed by atoms with van der Waals surface area (Å²) >= 11 is 1.61. The van der Waals surface area contributed by atoms with E-state index in [0.717, 1.165) is 10.6 Å². The molecule has 76 valence electrons. The van der Waals surface area contributed by atoms with Crippen LogP contribution in [0.5, 0.6) is 0 Å². The number of rotatable bonds is 1. The molecular weight excluding hydrogens is 222 g/mol. The van der Waals surface area contributed by atoms with Crippen molar-refractivity contribution in [2.45, 2.75) is 0 Å². The maximum Gasteiger partial charge on any atom is 0.197 e. The topological polar surface area (TPSA) is 66.9 Å². The van der Waals surface area contributed by atoms with Crippen LogP contribution in [-0.2, 0) is 0 Å². The maximum atomic E-state index is 8.92. The summed E-state index contributed by atoms with van der Waals surface area (Å²) < 4.78 is 1.59. The fourth-order valence-corrected chi connectivity index (χ4v) is 2.26. The standard InChI is InChI=1S/C10H5N5S/c11-6-7-3-4-8(9-2-1-5-16-9)15-10(7)12-13-14-15/h1-5H. The van der Waals surface area contributed by atoms with Crippen LogP contribution in [-0.4, -0.2) is 20.0 Å². The Morgan fingerprint density at radius 1 is 1.31 bits per heavy atom. The SMILES string of the molecule is N#Cc1ccc(-c2cccs2)n2nnnc12. The van der Waals surface area contributed by atoms with Crippen LogP contribution in [0.3, 0.4) is 0 Å². The molecule has 0 aliphatic heterocycles. The number of nitriles is 1. The van der Waals surface area contributed by atoms with Gasteiger partial charge in [-0.05, 0) is 34.0 Å². The van der Waals surface area contributed by atoms with E-state index in [0.29, 0.717) is 11.2 Å². The van der Waals surface area contributed by atoms with Gasteiger partial charge in [0, 0.05) is 0 Å². The van der Waals surface area contributed by atoms with Gasteiger partial charge in [0.15, 0.2) is 5.65 Å². The van der Waals surface area contributed by atoms with Crippen molar-refractivity contribution in [3.8, 4) is 16.6 Å². The van der Waals surface area contributed by atoms with E-state index in [-0.39, 0.29) is 0 Å². The molecule has 3 rings (SSSR count). The summed E-state index contributed by atoms with van der Waals surface area (Å²) in [5, 5.41) is 22.2. The molecule has 3 heterocycles. The molecule has 0 bridgehead atoms. The van der Waals surface area contributed by atoms with Gasteiger partial charge in [-0.15, -0.1) is 16.4 Å².